The van der Waals surface area contributed by atoms with Gasteiger partial charge in [0.05, 0.1) is 11.4 Å². The number of hydrogen-bond donors (Lipinski definition) is 2. The van der Waals surface area contributed by atoms with Crippen molar-refractivity contribution in [2.75, 3.05) is 0 Å². The summed E-state index contributed by atoms with van der Waals surface area (Å²) in [7, 11) is 0. The molecule has 0 fully saturated rings. The minimum atomic E-state index is -1.08. The summed E-state index contributed by atoms with van der Waals surface area (Å²) < 4.78 is 0. The topological polar surface area (TPSA) is 186 Å². The molecule has 0 aliphatic rings. The summed E-state index contributed by atoms with van der Waals surface area (Å²) in [6.45, 7) is 2.92. The molecule has 0 bridgehead atoms. The number of para-hydroxylation sites is 4. The summed E-state index contributed by atoms with van der Waals surface area (Å²) >= 11 is 0. The third-order valence-electron chi connectivity index (χ3n) is 3.44. The van der Waals surface area contributed by atoms with Crippen molar-refractivity contribution in [3.05, 3.63) is 83.9 Å². The molecular weight excluding hydrogens is 523 g/mol. The molecular formula is C26H25MnN2O8. The van der Waals surface area contributed by atoms with Crippen LogP contribution in [0.15, 0.2) is 82.8 Å². The fraction of sp³-hybridized carbons (Fsp3) is 0.115. The SMILES string of the molecule is CC(=O)[O-].CC(=O)[O-].CC(=O)[O-].Oc1ccccc1C=Nc1ccccc1N=Cc1ccccc1O.[Mn+3]. The Morgan fingerprint density at radius 1 is 0.595 bits per heavy atom. The zero-order valence-electron chi connectivity index (χ0n) is 20.2. The van der Waals surface area contributed by atoms with Gasteiger partial charge in [-0.25, -0.2) is 0 Å². The van der Waals surface area contributed by atoms with Gasteiger partial charge in [-0.1, -0.05) is 36.4 Å². The van der Waals surface area contributed by atoms with Crippen molar-refractivity contribution in [1.82, 2.24) is 0 Å². The van der Waals surface area contributed by atoms with E-state index in [1.165, 1.54) is 0 Å². The first-order chi connectivity index (χ1) is 16.9. The summed E-state index contributed by atoms with van der Waals surface area (Å²) in [4.78, 5) is 35.5. The van der Waals surface area contributed by atoms with Crippen molar-refractivity contribution in [3.63, 3.8) is 0 Å². The maximum atomic E-state index is 9.79. The molecule has 3 aromatic rings. The Kier molecular flexibility index (Phi) is 18.6. The molecule has 3 aromatic carbocycles. The molecule has 37 heavy (non-hydrogen) atoms. The molecule has 0 spiro atoms. The summed E-state index contributed by atoms with van der Waals surface area (Å²) in [6, 6.07) is 21.4. The van der Waals surface area contributed by atoms with Gasteiger partial charge in [0.25, 0.3) is 0 Å². The average molecular weight is 548 g/mol. The molecule has 0 radical (unpaired) electrons. The maximum absolute atomic E-state index is 9.79. The zero-order chi connectivity index (χ0) is 27.5. The number of carboxylic acids is 3. The van der Waals surface area contributed by atoms with Crippen LogP contribution in [0.25, 0.3) is 0 Å². The fourth-order valence-electron chi connectivity index (χ4n) is 2.15. The number of aromatic hydroxyl groups is 2. The molecule has 194 valence electrons. The summed E-state index contributed by atoms with van der Waals surface area (Å²) in [5, 5.41) is 46.3. The van der Waals surface area contributed by atoms with Gasteiger partial charge in [0, 0.05) is 41.5 Å². The average Bonchev–Trinajstić information content (AvgIpc) is 2.77. The number of carboxylic acid groups (broad SMARTS) is 3. The molecule has 0 aliphatic carbocycles. The van der Waals surface area contributed by atoms with Crippen molar-refractivity contribution in [1.29, 1.82) is 0 Å². The molecule has 0 atom stereocenters. The predicted octanol–water partition coefficient (Wildman–Crippen LogP) is 0.865. The Bertz CT molecular complexity index is 1080. The largest absolute Gasteiger partial charge is 3.00 e. The molecule has 0 aromatic heterocycles. The number of carbonyl (C=O) groups excluding carboxylic acids is 3. The van der Waals surface area contributed by atoms with Gasteiger partial charge < -0.3 is 39.9 Å². The van der Waals surface area contributed by atoms with E-state index in [0.717, 1.165) is 20.8 Å². The molecule has 0 unspecified atom stereocenters. The summed E-state index contributed by atoms with van der Waals surface area (Å²) in [6.07, 6.45) is 3.20. The Morgan fingerprint density at radius 2 is 0.838 bits per heavy atom. The molecule has 3 rings (SSSR count). The first kappa shape index (κ1) is 34.7. The number of carbonyl (C=O) groups is 3. The first-order valence-electron chi connectivity index (χ1n) is 10.2. The van der Waals surface area contributed by atoms with Crippen molar-refractivity contribution in [2.45, 2.75) is 20.8 Å². The van der Waals surface area contributed by atoms with Crippen molar-refractivity contribution >= 4 is 41.7 Å². The van der Waals surface area contributed by atoms with E-state index in [1.54, 1.807) is 48.8 Å². The van der Waals surface area contributed by atoms with Crippen molar-refractivity contribution in [3.8, 4) is 11.5 Å². The minimum Gasteiger partial charge on any atom is -0.550 e. The zero-order valence-corrected chi connectivity index (χ0v) is 21.4. The van der Waals surface area contributed by atoms with E-state index >= 15 is 0 Å². The third-order valence-corrected chi connectivity index (χ3v) is 3.44. The monoisotopic (exact) mass is 548 g/mol. The number of benzene rings is 3. The Balaban J connectivity index is 0. The van der Waals surface area contributed by atoms with E-state index in [9.17, 15) is 10.2 Å². The molecule has 10 nitrogen and oxygen atoms in total. The number of nitrogens with zero attached hydrogens (tertiary/aromatic N) is 2. The quantitative estimate of drug-likeness (QED) is 0.355. The second-order valence-corrected chi connectivity index (χ2v) is 6.60. The number of aliphatic carboxylic acids is 3. The molecule has 0 saturated heterocycles. The second-order valence-electron chi connectivity index (χ2n) is 6.60. The van der Waals surface area contributed by atoms with Crippen LogP contribution in [-0.4, -0.2) is 40.6 Å². The Morgan fingerprint density at radius 3 is 1.11 bits per heavy atom. The van der Waals surface area contributed by atoms with E-state index in [1.807, 2.05) is 36.4 Å². The molecule has 0 saturated carbocycles. The van der Waals surface area contributed by atoms with Gasteiger partial charge in [0.1, 0.15) is 11.5 Å². The summed E-state index contributed by atoms with van der Waals surface area (Å²) in [5.41, 5.74) is 2.62. The van der Waals surface area contributed by atoms with Gasteiger partial charge >= 0.3 is 17.1 Å². The van der Waals surface area contributed by atoms with Crippen LogP contribution >= 0.6 is 0 Å². The number of phenols is 2. The molecule has 0 heterocycles. The van der Waals surface area contributed by atoms with Gasteiger partial charge in [0.2, 0.25) is 0 Å². The normalized spacial score (nSPS) is 9.38. The summed E-state index contributed by atoms with van der Waals surface area (Å²) in [5.74, 6) is -2.90. The molecule has 2 N–H and O–H groups in total. The van der Waals surface area contributed by atoms with Gasteiger partial charge in [-0.3, -0.25) is 9.98 Å². The van der Waals surface area contributed by atoms with Crippen molar-refractivity contribution < 1.29 is 57.0 Å². The molecule has 0 amide bonds. The van der Waals surface area contributed by atoms with Crippen LogP contribution in [0, 0.1) is 0 Å². The number of phenolic OH excluding ortho intramolecular Hbond substituents is 2. The number of rotatable bonds is 4. The van der Waals surface area contributed by atoms with Crippen LogP contribution in [0.5, 0.6) is 11.5 Å². The third kappa shape index (κ3) is 18.5. The standard InChI is InChI=1S/C20H16N2O2.3C2H4O2.Mn/c23-19-11-5-1-7-15(19)13-21-17-9-3-4-10-18(17)22-14-16-8-2-6-12-20(16)24;3*1-2(3)4;/h1-14,23-24H;3*1H3,(H,3,4);/q;;;;+3/p-3. The van der Waals surface area contributed by atoms with E-state index < -0.39 is 17.9 Å². The van der Waals surface area contributed by atoms with E-state index in [2.05, 4.69) is 9.98 Å². The van der Waals surface area contributed by atoms with Crippen molar-refractivity contribution in [2.24, 2.45) is 9.98 Å². The van der Waals surface area contributed by atoms with E-state index in [-0.39, 0.29) is 28.6 Å². The van der Waals surface area contributed by atoms with Gasteiger partial charge in [-0.2, -0.15) is 0 Å². The Hall–Kier alpha value is -4.47. The minimum absolute atomic E-state index is 0. The first-order valence-corrected chi connectivity index (χ1v) is 10.2. The van der Waals surface area contributed by atoms with E-state index in [4.69, 9.17) is 29.7 Å². The van der Waals surface area contributed by atoms with Crippen LogP contribution in [0.4, 0.5) is 11.4 Å². The smallest absolute Gasteiger partial charge is 0.550 e. The molecule has 11 heteroatoms. The Labute approximate surface area is 224 Å². The van der Waals surface area contributed by atoms with Crippen LogP contribution in [0.2, 0.25) is 0 Å². The van der Waals surface area contributed by atoms with Crippen LogP contribution < -0.4 is 15.3 Å². The van der Waals surface area contributed by atoms with Gasteiger partial charge in [0.15, 0.2) is 0 Å². The van der Waals surface area contributed by atoms with Gasteiger partial charge in [-0.15, -0.1) is 0 Å². The number of aliphatic imine (C=N–C) groups is 2. The van der Waals surface area contributed by atoms with Crippen LogP contribution in [-0.2, 0) is 31.5 Å². The predicted molar refractivity (Wildman–Crippen MR) is 129 cm³/mol. The second kappa shape index (κ2) is 19.8. The van der Waals surface area contributed by atoms with Crippen LogP contribution in [0.3, 0.4) is 0 Å². The number of hydrogen-bond acceptors (Lipinski definition) is 10. The fourth-order valence-corrected chi connectivity index (χ4v) is 2.15. The van der Waals surface area contributed by atoms with E-state index in [0.29, 0.717) is 22.5 Å². The van der Waals surface area contributed by atoms with Crippen LogP contribution in [0.1, 0.15) is 31.9 Å². The molecule has 0 aliphatic heterocycles. The van der Waals surface area contributed by atoms with Gasteiger partial charge in [-0.05, 0) is 57.2 Å². The maximum Gasteiger partial charge on any atom is 3.00 e.